The van der Waals surface area contributed by atoms with Crippen LogP contribution < -0.4 is 11.5 Å². The van der Waals surface area contributed by atoms with Crippen LogP contribution in [0.5, 0.6) is 0 Å². The average Bonchev–Trinajstić information content (AvgIpc) is 2.97. The van der Waals surface area contributed by atoms with Gasteiger partial charge in [0.2, 0.25) is 5.88 Å². The van der Waals surface area contributed by atoms with Crippen molar-refractivity contribution in [3.05, 3.63) is 47.9 Å². The maximum absolute atomic E-state index is 5.71. The molecule has 0 fully saturated rings. The van der Waals surface area contributed by atoms with Crippen molar-refractivity contribution in [1.82, 2.24) is 14.9 Å². The zero-order valence-corrected chi connectivity index (χ0v) is 12.7. The molecular weight excluding hydrogens is 286 g/mol. The Morgan fingerprint density at radius 3 is 2.19 bits per heavy atom. The zero-order valence-electron chi connectivity index (χ0n) is 11.8. The summed E-state index contributed by atoms with van der Waals surface area (Å²) >= 11 is 4.22. The van der Waals surface area contributed by atoms with Crippen molar-refractivity contribution in [1.29, 1.82) is 0 Å². The van der Waals surface area contributed by atoms with Gasteiger partial charge in [0, 0.05) is 11.0 Å². The Morgan fingerprint density at radius 2 is 1.81 bits per heavy atom. The van der Waals surface area contributed by atoms with Crippen molar-refractivity contribution in [2.45, 2.75) is 18.7 Å². The number of benzene rings is 1. The van der Waals surface area contributed by atoms with Gasteiger partial charge < -0.3 is 16.0 Å². The largest absolute Gasteiger partial charge is 0.396 e. The van der Waals surface area contributed by atoms with Gasteiger partial charge in [-0.3, -0.25) is 0 Å². The lowest BCUT2D eigenvalue weighted by atomic mass is 10.3. The van der Waals surface area contributed by atoms with E-state index >= 15 is 0 Å². The van der Waals surface area contributed by atoms with Crippen LogP contribution in [0.1, 0.15) is 11.4 Å². The first kappa shape index (κ1) is 15.0. The third-order valence-electron chi connectivity index (χ3n) is 2.70. The molecule has 0 atom stereocenters. The van der Waals surface area contributed by atoms with Crippen LogP contribution in [-0.4, -0.2) is 14.9 Å². The van der Waals surface area contributed by atoms with E-state index in [0.717, 1.165) is 22.0 Å². The van der Waals surface area contributed by atoms with Crippen molar-refractivity contribution < 1.29 is 4.52 Å². The standard InChI is InChI=1S/C10H11N3S.C4H6N2O/c1-7-10(11)6-13(12-7)8-2-4-9(14)5-3-8;1-3-2-4(5)7-6-3/h2-6,14H,11H2,1H3;2H,5H2,1H3. The molecule has 0 bridgehead atoms. The second kappa shape index (κ2) is 6.36. The Morgan fingerprint density at radius 1 is 1.14 bits per heavy atom. The average molecular weight is 303 g/mol. The van der Waals surface area contributed by atoms with Crippen molar-refractivity contribution in [2.24, 2.45) is 0 Å². The van der Waals surface area contributed by atoms with E-state index in [-0.39, 0.29) is 0 Å². The number of hydrogen-bond acceptors (Lipinski definition) is 6. The molecule has 110 valence electrons. The number of aromatic nitrogens is 3. The van der Waals surface area contributed by atoms with Gasteiger partial charge in [0.1, 0.15) is 0 Å². The fourth-order valence-corrected chi connectivity index (χ4v) is 1.74. The van der Waals surface area contributed by atoms with Gasteiger partial charge in [-0.2, -0.15) is 5.10 Å². The van der Waals surface area contributed by atoms with Crippen LogP contribution in [0.3, 0.4) is 0 Å². The Hall–Kier alpha value is -2.41. The summed E-state index contributed by atoms with van der Waals surface area (Å²) in [6.45, 7) is 3.71. The molecule has 0 amide bonds. The van der Waals surface area contributed by atoms with Crippen molar-refractivity contribution in [3.63, 3.8) is 0 Å². The van der Waals surface area contributed by atoms with Crippen LogP contribution in [0.15, 0.2) is 45.9 Å². The van der Waals surface area contributed by atoms with E-state index in [9.17, 15) is 0 Å². The van der Waals surface area contributed by atoms with Crippen LogP contribution in [0.2, 0.25) is 0 Å². The van der Waals surface area contributed by atoms with Crippen molar-refractivity contribution >= 4 is 24.2 Å². The summed E-state index contributed by atoms with van der Waals surface area (Å²) in [4.78, 5) is 0.936. The molecule has 7 heteroatoms. The molecule has 2 aromatic heterocycles. The lowest BCUT2D eigenvalue weighted by Crippen LogP contribution is -1.93. The van der Waals surface area contributed by atoms with Crippen molar-refractivity contribution in [3.8, 4) is 5.69 Å². The summed E-state index contributed by atoms with van der Waals surface area (Å²) in [7, 11) is 0. The number of nitrogen functional groups attached to an aromatic ring is 2. The number of rotatable bonds is 1. The highest BCUT2D eigenvalue weighted by Gasteiger charge is 2.01. The SMILES string of the molecule is Cc1cc(N)on1.Cc1nn(-c2ccc(S)cc2)cc1N. The fourth-order valence-electron chi connectivity index (χ4n) is 1.59. The van der Waals surface area contributed by atoms with Crippen LogP contribution in [0.4, 0.5) is 11.6 Å². The minimum Gasteiger partial charge on any atom is -0.396 e. The second-order valence-corrected chi connectivity index (χ2v) is 5.02. The van der Waals surface area contributed by atoms with E-state index in [1.54, 1.807) is 10.7 Å². The van der Waals surface area contributed by atoms with Gasteiger partial charge in [-0.1, -0.05) is 5.16 Å². The van der Waals surface area contributed by atoms with Gasteiger partial charge in [-0.25, -0.2) is 4.68 Å². The number of nitrogens with two attached hydrogens (primary N) is 2. The quantitative estimate of drug-likeness (QED) is 0.601. The number of hydrogen-bond donors (Lipinski definition) is 3. The van der Waals surface area contributed by atoms with E-state index in [4.69, 9.17) is 11.5 Å². The van der Waals surface area contributed by atoms with Crippen LogP contribution in [0, 0.1) is 13.8 Å². The van der Waals surface area contributed by atoms with Crippen LogP contribution >= 0.6 is 12.6 Å². The van der Waals surface area contributed by atoms with E-state index in [2.05, 4.69) is 27.4 Å². The number of nitrogens with zero attached hydrogens (tertiary/aromatic N) is 3. The summed E-state index contributed by atoms with van der Waals surface area (Å²) in [5.74, 6) is 0.373. The van der Waals surface area contributed by atoms with Crippen LogP contribution in [-0.2, 0) is 0 Å². The molecule has 0 saturated carbocycles. The Kier molecular flexibility index (Phi) is 4.54. The monoisotopic (exact) mass is 303 g/mol. The van der Waals surface area contributed by atoms with E-state index in [0.29, 0.717) is 11.6 Å². The topological polar surface area (TPSA) is 95.9 Å². The number of aryl methyl sites for hydroxylation is 2. The molecule has 0 radical (unpaired) electrons. The maximum atomic E-state index is 5.71. The first-order chi connectivity index (χ1) is 9.95. The highest BCUT2D eigenvalue weighted by atomic mass is 32.1. The molecule has 6 nitrogen and oxygen atoms in total. The Balaban J connectivity index is 0.000000194. The lowest BCUT2D eigenvalue weighted by Gasteiger charge is -2.00. The molecule has 3 rings (SSSR count). The fraction of sp³-hybridized carbons (Fsp3) is 0.143. The lowest BCUT2D eigenvalue weighted by molar-refractivity contribution is 0.431. The molecule has 21 heavy (non-hydrogen) atoms. The third-order valence-corrected chi connectivity index (χ3v) is 3.00. The molecule has 0 aliphatic carbocycles. The summed E-state index contributed by atoms with van der Waals surface area (Å²) in [6, 6.07) is 9.42. The molecule has 0 saturated heterocycles. The maximum Gasteiger partial charge on any atom is 0.222 e. The highest BCUT2D eigenvalue weighted by molar-refractivity contribution is 7.80. The van der Waals surface area contributed by atoms with Crippen LogP contribution in [0.25, 0.3) is 5.69 Å². The molecule has 0 unspecified atom stereocenters. The molecule has 1 aromatic carbocycles. The normalized spacial score (nSPS) is 10.0. The first-order valence-electron chi connectivity index (χ1n) is 6.25. The molecule has 0 aliphatic heterocycles. The van der Waals surface area contributed by atoms with Gasteiger partial charge in [0.25, 0.3) is 0 Å². The smallest absolute Gasteiger partial charge is 0.222 e. The zero-order chi connectivity index (χ0) is 15.4. The van der Waals surface area contributed by atoms with Gasteiger partial charge in [0.15, 0.2) is 0 Å². The molecule has 0 spiro atoms. The predicted molar refractivity (Wildman–Crippen MR) is 85.6 cm³/mol. The van der Waals surface area contributed by atoms with Crippen molar-refractivity contribution in [2.75, 3.05) is 11.5 Å². The Bertz CT molecular complexity index is 681. The highest BCUT2D eigenvalue weighted by Crippen LogP contribution is 2.15. The number of anilines is 2. The third kappa shape index (κ3) is 4.03. The Labute approximate surface area is 128 Å². The molecule has 4 N–H and O–H groups in total. The minimum absolute atomic E-state index is 0.373. The number of thiol groups is 1. The summed E-state index contributed by atoms with van der Waals surface area (Å²) in [6.07, 6.45) is 1.81. The van der Waals surface area contributed by atoms with Gasteiger partial charge in [-0.05, 0) is 38.1 Å². The van der Waals surface area contributed by atoms with Gasteiger partial charge >= 0.3 is 0 Å². The summed E-state index contributed by atoms with van der Waals surface area (Å²) in [5.41, 5.74) is 14.2. The van der Waals surface area contributed by atoms with E-state index in [1.165, 1.54) is 0 Å². The predicted octanol–water partition coefficient (Wildman–Crippen LogP) is 2.62. The molecule has 3 aromatic rings. The minimum atomic E-state index is 0.373. The summed E-state index contributed by atoms with van der Waals surface area (Å²) in [5, 5.41) is 7.79. The first-order valence-corrected chi connectivity index (χ1v) is 6.70. The van der Waals surface area contributed by atoms with E-state index in [1.807, 2.05) is 44.3 Å². The molecular formula is C14H17N5OS. The molecule has 0 aliphatic rings. The van der Waals surface area contributed by atoms with Gasteiger partial charge in [-0.15, -0.1) is 12.6 Å². The second-order valence-electron chi connectivity index (χ2n) is 4.50. The van der Waals surface area contributed by atoms with Gasteiger partial charge in [0.05, 0.1) is 29.0 Å². The summed E-state index contributed by atoms with van der Waals surface area (Å²) < 4.78 is 6.25. The van der Waals surface area contributed by atoms with E-state index < -0.39 is 0 Å². The molecule has 2 heterocycles.